The average molecular weight is 349 g/mol. The fraction of sp³-hybridized carbons (Fsp3) is 0.278. The lowest BCUT2D eigenvalue weighted by atomic mass is 10.1. The molecule has 0 bridgehead atoms. The summed E-state index contributed by atoms with van der Waals surface area (Å²) >= 11 is 0. The minimum atomic E-state index is 0. The molecule has 24 heavy (non-hydrogen) atoms. The normalized spacial score (nSPS) is 9.58. The SMILES string of the molecule is COc1ccc(CNCc2cccc(C#N)c2)c(OC)c1OC.Cl. The second-order valence-electron chi connectivity index (χ2n) is 4.91. The summed E-state index contributed by atoms with van der Waals surface area (Å²) in [4.78, 5) is 0. The zero-order valence-corrected chi connectivity index (χ0v) is 14.8. The summed E-state index contributed by atoms with van der Waals surface area (Å²) in [7, 11) is 4.79. The van der Waals surface area contributed by atoms with E-state index in [1.165, 1.54) is 0 Å². The van der Waals surface area contributed by atoms with Gasteiger partial charge in [0.25, 0.3) is 0 Å². The maximum absolute atomic E-state index is 8.93. The second kappa shape index (κ2) is 9.66. The topological polar surface area (TPSA) is 63.5 Å². The Hall–Kier alpha value is -2.42. The monoisotopic (exact) mass is 348 g/mol. The van der Waals surface area contributed by atoms with Crippen LogP contribution in [0.4, 0.5) is 0 Å². The third-order valence-electron chi connectivity index (χ3n) is 3.49. The first-order valence-electron chi connectivity index (χ1n) is 7.21. The van der Waals surface area contributed by atoms with Crippen LogP contribution in [0.5, 0.6) is 17.2 Å². The van der Waals surface area contributed by atoms with E-state index in [0.717, 1.165) is 11.1 Å². The van der Waals surface area contributed by atoms with Crippen molar-refractivity contribution in [3.8, 4) is 23.3 Å². The van der Waals surface area contributed by atoms with Gasteiger partial charge in [0.15, 0.2) is 11.5 Å². The van der Waals surface area contributed by atoms with E-state index >= 15 is 0 Å². The number of nitrogens with one attached hydrogen (secondary N) is 1. The fourth-order valence-corrected chi connectivity index (χ4v) is 2.39. The van der Waals surface area contributed by atoms with Gasteiger partial charge in [-0.25, -0.2) is 0 Å². The summed E-state index contributed by atoms with van der Waals surface area (Å²) in [6.45, 7) is 1.27. The number of hydrogen-bond acceptors (Lipinski definition) is 5. The molecular weight excluding hydrogens is 328 g/mol. The third-order valence-corrected chi connectivity index (χ3v) is 3.49. The molecule has 0 aliphatic rings. The first kappa shape index (κ1) is 19.6. The Labute approximate surface area is 148 Å². The van der Waals surface area contributed by atoms with Gasteiger partial charge in [0.1, 0.15) is 0 Å². The van der Waals surface area contributed by atoms with Crippen molar-refractivity contribution >= 4 is 12.4 Å². The Bertz CT molecular complexity index is 714. The molecule has 128 valence electrons. The quantitative estimate of drug-likeness (QED) is 0.831. The average Bonchev–Trinajstić information content (AvgIpc) is 2.61. The molecule has 0 heterocycles. The number of methoxy groups -OCH3 is 3. The molecule has 2 aromatic carbocycles. The van der Waals surface area contributed by atoms with Gasteiger partial charge in [0.2, 0.25) is 5.75 Å². The highest BCUT2D eigenvalue weighted by Gasteiger charge is 2.15. The predicted octanol–water partition coefficient (Wildman–Crippen LogP) is 3.30. The van der Waals surface area contributed by atoms with Crippen molar-refractivity contribution in [1.29, 1.82) is 5.26 Å². The van der Waals surface area contributed by atoms with E-state index < -0.39 is 0 Å². The van der Waals surface area contributed by atoms with E-state index in [1.54, 1.807) is 27.4 Å². The van der Waals surface area contributed by atoms with Gasteiger partial charge in [-0.3, -0.25) is 0 Å². The lowest BCUT2D eigenvalue weighted by Gasteiger charge is -2.16. The van der Waals surface area contributed by atoms with Crippen LogP contribution in [-0.4, -0.2) is 21.3 Å². The fourth-order valence-electron chi connectivity index (χ4n) is 2.39. The van der Waals surface area contributed by atoms with Gasteiger partial charge in [0.05, 0.1) is 33.0 Å². The maximum atomic E-state index is 8.93. The predicted molar refractivity (Wildman–Crippen MR) is 95.0 cm³/mol. The van der Waals surface area contributed by atoms with Crippen molar-refractivity contribution in [3.05, 3.63) is 53.1 Å². The zero-order valence-electron chi connectivity index (χ0n) is 14.0. The summed E-state index contributed by atoms with van der Waals surface area (Å²) in [6.07, 6.45) is 0. The van der Waals surface area contributed by atoms with Gasteiger partial charge in [-0.15, -0.1) is 12.4 Å². The number of benzene rings is 2. The number of halogens is 1. The Morgan fingerprint density at radius 2 is 1.71 bits per heavy atom. The Morgan fingerprint density at radius 1 is 0.958 bits per heavy atom. The lowest BCUT2D eigenvalue weighted by molar-refractivity contribution is 0.321. The van der Waals surface area contributed by atoms with E-state index in [9.17, 15) is 0 Å². The summed E-state index contributed by atoms with van der Waals surface area (Å²) in [5.41, 5.74) is 2.69. The molecule has 0 aromatic heterocycles. The lowest BCUT2D eigenvalue weighted by Crippen LogP contribution is -2.14. The summed E-state index contributed by atoms with van der Waals surface area (Å²) in [5, 5.41) is 12.3. The molecule has 0 aliphatic heterocycles. The molecule has 5 nitrogen and oxygen atoms in total. The van der Waals surface area contributed by atoms with Gasteiger partial charge < -0.3 is 19.5 Å². The van der Waals surface area contributed by atoms with Crippen LogP contribution in [0.25, 0.3) is 0 Å². The molecule has 0 fully saturated rings. The number of nitriles is 1. The molecule has 2 aromatic rings. The first-order chi connectivity index (χ1) is 11.2. The van der Waals surface area contributed by atoms with E-state index in [0.29, 0.717) is 35.9 Å². The highest BCUT2D eigenvalue weighted by molar-refractivity contribution is 5.85. The van der Waals surface area contributed by atoms with Crippen LogP contribution >= 0.6 is 12.4 Å². The third kappa shape index (κ3) is 4.54. The summed E-state index contributed by atoms with van der Waals surface area (Å²) < 4.78 is 16.1. The smallest absolute Gasteiger partial charge is 0.203 e. The van der Waals surface area contributed by atoms with Gasteiger partial charge in [-0.2, -0.15) is 5.26 Å². The second-order valence-corrected chi connectivity index (χ2v) is 4.91. The van der Waals surface area contributed by atoms with Crippen molar-refractivity contribution in [2.75, 3.05) is 21.3 Å². The number of rotatable bonds is 7. The van der Waals surface area contributed by atoms with Crippen molar-refractivity contribution in [2.24, 2.45) is 0 Å². The van der Waals surface area contributed by atoms with Crippen LogP contribution < -0.4 is 19.5 Å². The van der Waals surface area contributed by atoms with E-state index in [2.05, 4.69) is 11.4 Å². The van der Waals surface area contributed by atoms with Crippen molar-refractivity contribution in [3.63, 3.8) is 0 Å². The van der Waals surface area contributed by atoms with Crippen molar-refractivity contribution in [2.45, 2.75) is 13.1 Å². The Kier molecular flexibility index (Phi) is 7.90. The molecule has 6 heteroatoms. The van der Waals surface area contributed by atoms with Crippen LogP contribution in [0.1, 0.15) is 16.7 Å². The summed E-state index contributed by atoms with van der Waals surface area (Å²) in [6, 6.07) is 13.5. The van der Waals surface area contributed by atoms with Crippen molar-refractivity contribution < 1.29 is 14.2 Å². The highest BCUT2D eigenvalue weighted by Crippen LogP contribution is 2.39. The van der Waals surface area contributed by atoms with Crippen LogP contribution in [0.15, 0.2) is 36.4 Å². The molecule has 0 saturated heterocycles. The molecule has 0 saturated carbocycles. The molecule has 2 rings (SSSR count). The van der Waals surface area contributed by atoms with Gasteiger partial charge in [-0.05, 0) is 23.8 Å². The van der Waals surface area contributed by atoms with Crippen LogP contribution in [0, 0.1) is 11.3 Å². The van der Waals surface area contributed by atoms with Crippen LogP contribution in [0.3, 0.4) is 0 Å². The molecule has 0 radical (unpaired) electrons. The zero-order chi connectivity index (χ0) is 16.7. The van der Waals surface area contributed by atoms with Gasteiger partial charge in [-0.1, -0.05) is 18.2 Å². The molecule has 0 spiro atoms. The molecule has 0 atom stereocenters. The number of hydrogen-bond donors (Lipinski definition) is 1. The minimum Gasteiger partial charge on any atom is -0.493 e. The van der Waals surface area contributed by atoms with E-state index in [4.69, 9.17) is 19.5 Å². The van der Waals surface area contributed by atoms with Crippen LogP contribution in [-0.2, 0) is 13.1 Å². The minimum absolute atomic E-state index is 0. The Balaban J connectivity index is 0.00000288. The van der Waals surface area contributed by atoms with Gasteiger partial charge >= 0.3 is 0 Å². The standard InChI is InChI=1S/C18H20N2O3.ClH/c1-21-16-8-7-15(17(22-2)18(16)23-3)12-20-11-14-6-4-5-13(9-14)10-19;/h4-9,20H,11-12H2,1-3H3;1H. The first-order valence-corrected chi connectivity index (χ1v) is 7.21. The molecule has 0 amide bonds. The van der Waals surface area contributed by atoms with E-state index in [1.807, 2.05) is 30.3 Å². The largest absolute Gasteiger partial charge is 0.493 e. The summed E-state index contributed by atoms with van der Waals surface area (Å²) in [5.74, 6) is 1.88. The molecule has 0 unspecified atom stereocenters. The highest BCUT2D eigenvalue weighted by atomic mass is 35.5. The molecule has 1 N–H and O–H groups in total. The maximum Gasteiger partial charge on any atom is 0.203 e. The van der Waals surface area contributed by atoms with Crippen molar-refractivity contribution in [1.82, 2.24) is 5.32 Å². The number of ether oxygens (including phenoxy) is 3. The Morgan fingerprint density at radius 3 is 2.33 bits per heavy atom. The number of nitrogens with zero attached hydrogens (tertiary/aromatic N) is 1. The van der Waals surface area contributed by atoms with Crippen LogP contribution in [0.2, 0.25) is 0 Å². The molecular formula is C18H21ClN2O3. The van der Waals surface area contributed by atoms with Gasteiger partial charge in [0, 0.05) is 18.7 Å². The van der Waals surface area contributed by atoms with E-state index in [-0.39, 0.29) is 12.4 Å². The molecule has 0 aliphatic carbocycles.